The summed E-state index contributed by atoms with van der Waals surface area (Å²) in [6.07, 6.45) is 5.93. The fourth-order valence-corrected chi connectivity index (χ4v) is 5.02. The summed E-state index contributed by atoms with van der Waals surface area (Å²) in [7, 11) is 0. The summed E-state index contributed by atoms with van der Waals surface area (Å²) in [6, 6.07) is 7.50. The third kappa shape index (κ3) is 6.91. The molecule has 3 amide bonds. The number of rotatable bonds is 3. The summed E-state index contributed by atoms with van der Waals surface area (Å²) in [5, 5.41) is 6.12. The maximum atomic E-state index is 14.7. The Bertz CT molecular complexity index is 1110. The first-order chi connectivity index (χ1) is 17.8. The van der Waals surface area contributed by atoms with Gasteiger partial charge in [-0.25, -0.2) is 4.39 Å². The summed E-state index contributed by atoms with van der Waals surface area (Å²) >= 11 is 0. The molecular weight excluding hydrogens is 473 g/mol. The largest absolute Gasteiger partial charge is 0.355 e. The van der Waals surface area contributed by atoms with Crippen LogP contribution in [0.25, 0.3) is 0 Å². The van der Waals surface area contributed by atoms with E-state index in [4.69, 9.17) is 0 Å². The van der Waals surface area contributed by atoms with Gasteiger partial charge in [-0.1, -0.05) is 19.9 Å². The third-order valence-corrected chi connectivity index (χ3v) is 7.15. The molecule has 3 heterocycles. The number of halogens is 1. The van der Waals surface area contributed by atoms with Gasteiger partial charge in [0.15, 0.2) is 0 Å². The lowest BCUT2D eigenvalue weighted by molar-refractivity contribution is -0.126. The van der Waals surface area contributed by atoms with Gasteiger partial charge in [-0.05, 0) is 67.0 Å². The molecule has 9 heteroatoms. The molecule has 37 heavy (non-hydrogen) atoms. The fourth-order valence-electron chi connectivity index (χ4n) is 5.02. The minimum absolute atomic E-state index is 0.00510. The predicted octanol–water partition coefficient (Wildman–Crippen LogP) is 2.53. The van der Waals surface area contributed by atoms with Crippen LogP contribution in [-0.2, 0) is 22.6 Å². The van der Waals surface area contributed by atoms with Crippen molar-refractivity contribution >= 4 is 17.7 Å². The van der Waals surface area contributed by atoms with Gasteiger partial charge in [0.25, 0.3) is 5.91 Å². The van der Waals surface area contributed by atoms with Gasteiger partial charge in [0.2, 0.25) is 11.8 Å². The summed E-state index contributed by atoms with van der Waals surface area (Å²) in [6.45, 7) is 6.13. The number of nitrogens with zero attached hydrogens (tertiary/aromatic N) is 3. The molecule has 2 aromatic rings. The average Bonchev–Trinajstić information content (AvgIpc) is 3.37. The fraction of sp³-hybridized carbons (Fsp3) is 0.500. The number of carbonyl (C=O) groups excluding carboxylic acids is 3. The molecule has 2 aliphatic rings. The van der Waals surface area contributed by atoms with E-state index < -0.39 is 17.8 Å². The molecule has 4 rings (SSSR count). The molecule has 0 spiro atoms. The second-order valence-corrected chi connectivity index (χ2v) is 10.3. The van der Waals surface area contributed by atoms with E-state index in [9.17, 15) is 18.8 Å². The highest BCUT2D eigenvalue weighted by Crippen LogP contribution is 2.23. The van der Waals surface area contributed by atoms with E-state index in [1.165, 1.54) is 11.0 Å². The first-order valence-electron chi connectivity index (χ1n) is 13.1. The smallest absolute Gasteiger partial charge is 0.257 e. The SMILES string of the molecule is CC(C)[C@@H]1CN(Cc2ccncc2)CC(=O)NCCCc2ccc(F)c(c2)C(=O)N2CCC[C@H]2C(=O)N1. The van der Waals surface area contributed by atoms with Crippen molar-refractivity contribution in [1.29, 1.82) is 0 Å². The molecule has 1 aromatic carbocycles. The molecule has 2 aliphatic heterocycles. The standard InChI is InChI=1S/C28H36FN5O3/c1-19(2)24-17-33(16-21-9-12-30-13-10-21)18-26(35)31-11-3-5-20-7-8-23(29)22(15-20)28(37)34-14-4-6-25(34)27(36)32-24/h7-10,12-13,15,19,24-25H,3-6,11,14,16-18H2,1-2H3,(H,31,35)(H,32,36)/t24-,25-/m0/s1. The highest BCUT2D eigenvalue weighted by atomic mass is 19.1. The van der Waals surface area contributed by atoms with Crippen molar-refractivity contribution in [3.63, 3.8) is 0 Å². The van der Waals surface area contributed by atoms with Gasteiger partial charge in [0.1, 0.15) is 11.9 Å². The first-order valence-corrected chi connectivity index (χ1v) is 13.1. The molecular formula is C28H36FN5O3. The van der Waals surface area contributed by atoms with Gasteiger partial charge in [-0.2, -0.15) is 0 Å². The number of nitrogens with one attached hydrogen (secondary N) is 2. The Morgan fingerprint density at radius 3 is 2.65 bits per heavy atom. The molecule has 0 unspecified atom stereocenters. The van der Waals surface area contributed by atoms with Crippen molar-refractivity contribution in [3.05, 3.63) is 65.2 Å². The van der Waals surface area contributed by atoms with Crippen LogP contribution in [0.5, 0.6) is 0 Å². The Morgan fingerprint density at radius 1 is 1.11 bits per heavy atom. The Morgan fingerprint density at radius 2 is 1.89 bits per heavy atom. The monoisotopic (exact) mass is 509 g/mol. The van der Waals surface area contributed by atoms with Crippen LogP contribution in [-0.4, -0.2) is 70.8 Å². The number of hydrogen-bond donors (Lipinski definition) is 2. The molecule has 0 saturated carbocycles. The summed E-state index contributed by atoms with van der Waals surface area (Å²) < 4.78 is 14.7. The van der Waals surface area contributed by atoms with Gasteiger partial charge in [0.05, 0.1) is 12.1 Å². The Balaban J connectivity index is 1.61. The number of pyridine rings is 1. The van der Waals surface area contributed by atoms with Crippen LogP contribution in [0.2, 0.25) is 0 Å². The highest BCUT2D eigenvalue weighted by molar-refractivity contribution is 5.98. The number of hydrogen-bond acceptors (Lipinski definition) is 5. The summed E-state index contributed by atoms with van der Waals surface area (Å²) in [4.78, 5) is 47.2. The van der Waals surface area contributed by atoms with E-state index in [0.717, 1.165) is 11.1 Å². The molecule has 2 bridgehead atoms. The molecule has 1 fully saturated rings. The lowest BCUT2D eigenvalue weighted by Crippen LogP contribution is -2.53. The van der Waals surface area contributed by atoms with Gasteiger partial charge in [-0.3, -0.25) is 24.3 Å². The van der Waals surface area contributed by atoms with Crippen LogP contribution in [0.3, 0.4) is 0 Å². The third-order valence-electron chi connectivity index (χ3n) is 7.15. The second kappa shape index (κ2) is 12.3. The van der Waals surface area contributed by atoms with Crippen LogP contribution in [0.15, 0.2) is 42.7 Å². The van der Waals surface area contributed by atoms with Crippen molar-refractivity contribution in [2.24, 2.45) is 5.92 Å². The van der Waals surface area contributed by atoms with E-state index in [1.54, 1.807) is 24.5 Å². The quantitative estimate of drug-likeness (QED) is 0.663. The van der Waals surface area contributed by atoms with Crippen LogP contribution in [0, 0.1) is 11.7 Å². The number of aromatic nitrogens is 1. The average molecular weight is 510 g/mol. The number of aryl methyl sites for hydroxylation is 1. The maximum absolute atomic E-state index is 14.7. The predicted molar refractivity (Wildman–Crippen MR) is 138 cm³/mol. The topological polar surface area (TPSA) is 94.6 Å². The molecule has 2 atom stereocenters. The molecule has 8 nitrogen and oxygen atoms in total. The molecule has 0 aliphatic carbocycles. The minimum Gasteiger partial charge on any atom is -0.355 e. The van der Waals surface area contributed by atoms with Gasteiger partial charge >= 0.3 is 0 Å². The zero-order chi connectivity index (χ0) is 26.4. The summed E-state index contributed by atoms with van der Waals surface area (Å²) in [5.41, 5.74) is 1.84. The molecule has 2 N–H and O–H groups in total. The van der Waals surface area contributed by atoms with Crippen LogP contribution in [0.1, 0.15) is 54.6 Å². The van der Waals surface area contributed by atoms with Crippen molar-refractivity contribution < 1.29 is 18.8 Å². The zero-order valence-corrected chi connectivity index (χ0v) is 21.6. The lowest BCUT2D eigenvalue weighted by Gasteiger charge is -2.32. The maximum Gasteiger partial charge on any atom is 0.257 e. The van der Waals surface area contributed by atoms with Crippen molar-refractivity contribution in [3.8, 4) is 0 Å². The van der Waals surface area contributed by atoms with Crippen LogP contribution >= 0.6 is 0 Å². The molecule has 0 radical (unpaired) electrons. The molecule has 1 saturated heterocycles. The van der Waals surface area contributed by atoms with Gasteiger partial charge in [0, 0.05) is 44.6 Å². The van der Waals surface area contributed by atoms with E-state index in [2.05, 4.69) is 15.6 Å². The first kappa shape index (κ1) is 26.7. The minimum atomic E-state index is -0.649. The summed E-state index contributed by atoms with van der Waals surface area (Å²) in [5.74, 6) is -1.27. The van der Waals surface area contributed by atoms with Gasteiger partial charge < -0.3 is 15.5 Å². The van der Waals surface area contributed by atoms with Crippen molar-refractivity contribution in [2.75, 3.05) is 26.2 Å². The van der Waals surface area contributed by atoms with E-state index in [1.807, 2.05) is 30.9 Å². The number of benzene rings is 1. The van der Waals surface area contributed by atoms with Crippen LogP contribution < -0.4 is 10.6 Å². The van der Waals surface area contributed by atoms with E-state index >= 15 is 0 Å². The number of fused-ring (bicyclic) bond motifs is 3. The van der Waals surface area contributed by atoms with Crippen molar-refractivity contribution in [2.45, 2.75) is 58.2 Å². The Hall–Kier alpha value is -3.33. The molecule has 198 valence electrons. The van der Waals surface area contributed by atoms with E-state index in [-0.39, 0.29) is 35.9 Å². The highest BCUT2D eigenvalue weighted by Gasteiger charge is 2.37. The van der Waals surface area contributed by atoms with E-state index in [0.29, 0.717) is 51.9 Å². The number of carbonyl (C=O) groups is 3. The van der Waals surface area contributed by atoms with Crippen LogP contribution in [0.4, 0.5) is 4.39 Å². The molecule has 1 aromatic heterocycles. The lowest BCUT2D eigenvalue weighted by atomic mass is 10.0. The van der Waals surface area contributed by atoms with Gasteiger partial charge in [-0.15, -0.1) is 0 Å². The second-order valence-electron chi connectivity index (χ2n) is 10.3. The Labute approximate surface area is 217 Å². The zero-order valence-electron chi connectivity index (χ0n) is 21.6. The Kier molecular flexibility index (Phi) is 8.87. The number of amides is 3. The van der Waals surface area contributed by atoms with Crippen molar-refractivity contribution in [1.82, 2.24) is 25.4 Å². The normalized spacial score (nSPS) is 22.4.